The summed E-state index contributed by atoms with van der Waals surface area (Å²) >= 11 is 0. The van der Waals surface area contributed by atoms with Gasteiger partial charge < -0.3 is 5.11 Å². The van der Waals surface area contributed by atoms with Gasteiger partial charge in [-0.2, -0.15) is 8.78 Å². The number of alkyl halides is 2. The van der Waals surface area contributed by atoms with Crippen molar-refractivity contribution < 1.29 is 13.9 Å². The molecule has 0 aliphatic carbocycles. The van der Waals surface area contributed by atoms with Crippen molar-refractivity contribution in [2.24, 2.45) is 0 Å². The molecule has 0 bridgehead atoms. The first-order valence-electron chi connectivity index (χ1n) is 2.76. The smallest absolute Gasteiger partial charge is 0.300 e. The Morgan fingerprint density at radius 2 is 2.11 bits per heavy atom. The van der Waals surface area contributed by atoms with E-state index < -0.39 is 11.7 Å². The van der Waals surface area contributed by atoms with Gasteiger partial charge in [0.15, 0.2) is 5.76 Å². The summed E-state index contributed by atoms with van der Waals surface area (Å²) < 4.78 is 24.0. The zero-order valence-electron chi connectivity index (χ0n) is 5.49. The molecule has 54 valence electrons. The third kappa shape index (κ3) is 3.06. The summed E-state index contributed by atoms with van der Waals surface area (Å²) in [5.41, 5.74) is 0. The van der Waals surface area contributed by atoms with E-state index in [0.29, 0.717) is 13.3 Å². The first-order valence-corrected chi connectivity index (χ1v) is 2.76. The molecule has 1 nitrogen and oxygen atoms in total. The third-order valence-electron chi connectivity index (χ3n) is 0.847. The van der Waals surface area contributed by atoms with E-state index in [0.717, 1.165) is 6.08 Å². The third-order valence-corrected chi connectivity index (χ3v) is 0.847. The molecule has 0 spiro atoms. The Balaban J connectivity index is 4.03. The average Bonchev–Trinajstić information content (AvgIpc) is 1.64. The Hall–Kier alpha value is -0.600. The molecule has 0 heterocycles. The Labute approximate surface area is 53.0 Å². The highest BCUT2D eigenvalue weighted by Gasteiger charge is 2.26. The Bertz CT molecular complexity index is 113. The summed E-state index contributed by atoms with van der Waals surface area (Å²) in [7, 11) is 0. The van der Waals surface area contributed by atoms with Crippen molar-refractivity contribution in [3.63, 3.8) is 0 Å². The van der Waals surface area contributed by atoms with E-state index in [9.17, 15) is 8.78 Å². The summed E-state index contributed by atoms with van der Waals surface area (Å²) in [5, 5.41) is 8.50. The molecule has 3 heteroatoms. The maximum Gasteiger partial charge on any atom is 0.300 e. The molecule has 9 heavy (non-hydrogen) atoms. The number of hydrogen-bond donors (Lipinski definition) is 1. The molecule has 0 atom stereocenters. The minimum Gasteiger partial charge on any atom is -0.507 e. The van der Waals surface area contributed by atoms with Crippen LogP contribution in [0, 0.1) is 0 Å². The Kier molecular flexibility index (Phi) is 2.62. The van der Waals surface area contributed by atoms with Gasteiger partial charge in [0, 0.05) is 6.92 Å². The second-order valence-corrected chi connectivity index (χ2v) is 1.89. The lowest BCUT2D eigenvalue weighted by Gasteiger charge is -2.07. The molecule has 0 fully saturated rings. The maximum atomic E-state index is 12.0. The molecule has 0 aromatic rings. The SMILES string of the molecule is CC/C=C(/O)C(C)(F)F. The molecular weight excluding hydrogens is 126 g/mol. The predicted octanol–water partition coefficient (Wildman–Crippen LogP) is 2.49. The summed E-state index contributed by atoms with van der Waals surface area (Å²) in [6, 6.07) is 0. The van der Waals surface area contributed by atoms with Crippen LogP contribution in [0.3, 0.4) is 0 Å². The van der Waals surface area contributed by atoms with Crippen LogP contribution in [0.2, 0.25) is 0 Å². The monoisotopic (exact) mass is 136 g/mol. The summed E-state index contributed by atoms with van der Waals surface area (Å²) in [4.78, 5) is 0. The fourth-order valence-electron chi connectivity index (χ4n) is 0.373. The van der Waals surface area contributed by atoms with Gasteiger partial charge in [-0.05, 0) is 12.5 Å². The lowest BCUT2D eigenvalue weighted by atomic mass is 10.3. The van der Waals surface area contributed by atoms with Crippen molar-refractivity contribution in [3.05, 3.63) is 11.8 Å². The minimum absolute atomic E-state index is 0.426. The van der Waals surface area contributed by atoms with Gasteiger partial charge in [0.2, 0.25) is 0 Å². The molecule has 0 rings (SSSR count). The van der Waals surface area contributed by atoms with Crippen LogP contribution in [0.25, 0.3) is 0 Å². The van der Waals surface area contributed by atoms with E-state index in [1.807, 2.05) is 0 Å². The molecule has 0 aliphatic heterocycles. The van der Waals surface area contributed by atoms with E-state index >= 15 is 0 Å². The number of aliphatic hydroxyl groups excluding tert-OH is 1. The molecule has 0 saturated carbocycles. The normalized spacial score (nSPS) is 14.0. The van der Waals surface area contributed by atoms with Crippen LogP contribution >= 0.6 is 0 Å². The molecule has 0 aromatic heterocycles. The Morgan fingerprint density at radius 3 is 2.22 bits per heavy atom. The van der Waals surface area contributed by atoms with Crippen molar-refractivity contribution in [3.8, 4) is 0 Å². The predicted molar refractivity (Wildman–Crippen MR) is 31.6 cm³/mol. The lowest BCUT2D eigenvalue weighted by Crippen LogP contribution is -2.12. The molecule has 0 amide bonds. The number of rotatable bonds is 2. The van der Waals surface area contributed by atoms with E-state index in [1.165, 1.54) is 0 Å². The topological polar surface area (TPSA) is 20.2 Å². The van der Waals surface area contributed by atoms with Crippen LogP contribution in [0.4, 0.5) is 8.78 Å². The van der Waals surface area contributed by atoms with E-state index in [-0.39, 0.29) is 0 Å². The van der Waals surface area contributed by atoms with Gasteiger partial charge in [0.1, 0.15) is 0 Å². The highest BCUT2D eigenvalue weighted by molar-refractivity contribution is 5.00. The number of halogens is 2. The Morgan fingerprint density at radius 1 is 1.67 bits per heavy atom. The zero-order valence-corrected chi connectivity index (χ0v) is 5.49. The van der Waals surface area contributed by atoms with Crippen LogP contribution in [-0.4, -0.2) is 11.0 Å². The van der Waals surface area contributed by atoms with Crippen LogP contribution in [0.15, 0.2) is 11.8 Å². The van der Waals surface area contributed by atoms with Crippen LogP contribution in [0.5, 0.6) is 0 Å². The number of allylic oxidation sites excluding steroid dienone is 2. The van der Waals surface area contributed by atoms with Crippen LogP contribution in [-0.2, 0) is 0 Å². The molecular formula is C6H10F2O. The zero-order chi connectivity index (χ0) is 7.49. The van der Waals surface area contributed by atoms with Crippen molar-refractivity contribution in [1.82, 2.24) is 0 Å². The maximum absolute atomic E-state index is 12.0. The number of hydrogen-bond acceptors (Lipinski definition) is 1. The summed E-state index contributed by atoms with van der Waals surface area (Å²) in [5.74, 6) is -3.92. The second-order valence-electron chi connectivity index (χ2n) is 1.89. The van der Waals surface area contributed by atoms with E-state index in [1.54, 1.807) is 6.92 Å². The van der Waals surface area contributed by atoms with E-state index in [4.69, 9.17) is 5.11 Å². The quantitative estimate of drug-likeness (QED) is 0.578. The summed E-state index contributed by atoms with van der Waals surface area (Å²) in [6.45, 7) is 2.34. The first-order chi connectivity index (χ1) is 3.98. The lowest BCUT2D eigenvalue weighted by molar-refractivity contribution is 0.0182. The highest BCUT2D eigenvalue weighted by Crippen LogP contribution is 2.20. The minimum atomic E-state index is -3.07. The van der Waals surface area contributed by atoms with Crippen LogP contribution in [0.1, 0.15) is 20.3 Å². The van der Waals surface area contributed by atoms with Gasteiger partial charge in [-0.25, -0.2) is 0 Å². The van der Waals surface area contributed by atoms with Crippen molar-refractivity contribution in [1.29, 1.82) is 0 Å². The average molecular weight is 136 g/mol. The van der Waals surface area contributed by atoms with Gasteiger partial charge in [-0.1, -0.05) is 6.92 Å². The highest BCUT2D eigenvalue weighted by atomic mass is 19.3. The van der Waals surface area contributed by atoms with Gasteiger partial charge in [-0.15, -0.1) is 0 Å². The largest absolute Gasteiger partial charge is 0.507 e. The van der Waals surface area contributed by atoms with Crippen molar-refractivity contribution >= 4 is 0 Å². The fourth-order valence-corrected chi connectivity index (χ4v) is 0.373. The fraction of sp³-hybridized carbons (Fsp3) is 0.667. The molecule has 0 unspecified atom stereocenters. The van der Waals surface area contributed by atoms with E-state index in [2.05, 4.69) is 0 Å². The second kappa shape index (κ2) is 2.80. The standard InChI is InChI=1S/C6H10F2O/c1-3-4-5(9)6(2,7)8/h4,9H,3H2,1-2H3/b5-4+. The molecule has 0 radical (unpaired) electrons. The van der Waals surface area contributed by atoms with Crippen molar-refractivity contribution in [2.45, 2.75) is 26.2 Å². The van der Waals surface area contributed by atoms with Gasteiger partial charge in [0.05, 0.1) is 0 Å². The van der Waals surface area contributed by atoms with Gasteiger partial charge in [0.25, 0.3) is 0 Å². The summed E-state index contributed by atoms with van der Waals surface area (Å²) in [6.07, 6.45) is 1.52. The molecule has 0 aliphatic rings. The van der Waals surface area contributed by atoms with Gasteiger partial charge >= 0.3 is 5.92 Å². The first kappa shape index (κ1) is 8.40. The van der Waals surface area contributed by atoms with Crippen molar-refractivity contribution in [2.75, 3.05) is 0 Å². The molecule has 1 N–H and O–H groups in total. The molecule has 0 saturated heterocycles. The molecule has 0 aromatic carbocycles. The number of aliphatic hydroxyl groups is 1. The van der Waals surface area contributed by atoms with Gasteiger partial charge in [-0.3, -0.25) is 0 Å². The van der Waals surface area contributed by atoms with Crippen LogP contribution < -0.4 is 0 Å².